The first-order valence-corrected chi connectivity index (χ1v) is 6.14. The smallest absolute Gasteiger partial charge is 0.331 e. The number of benzene rings is 1. The SMILES string of the molecule is COc1ccc(COC(=O)/C=C/c2cnn(C)c2)cc1. The Morgan fingerprint density at radius 3 is 2.70 bits per heavy atom. The Balaban J connectivity index is 1.83. The van der Waals surface area contributed by atoms with E-state index in [2.05, 4.69) is 5.10 Å². The Bertz CT molecular complexity index is 600. The first-order chi connectivity index (χ1) is 9.67. The molecule has 0 aliphatic heterocycles. The van der Waals surface area contributed by atoms with Crippen LogP contribution in [0.3, 0.4) is 0 Å². The molecule has 104 valence electrons. The minimum absolute atomic E-state index is 0.236. The van der Waals surface area contributed by atoms with Gasteiger partial charge in [-0.25, -0.2) is 4.79 Å². The fourth-order valence-electron chi connectivity index (χ4n) is 1.61. The van der Waals surface area contributed by atoms with Crippen LogP contribution in [-0.2, 0) is 23.2 Å². The Kier molecular flexibility index (Phi) is 4.55. The summed E-state index contributed by atoms with van der Waals surface area (Å²) in [7, 11) is 3.43. The van der Waals surface area contributed by atoms with Gasteiger partial charge >= 0.3 is 5.97 Å². The van der Waals surface area contributed by atoms with Crippen molar-refractivity contribution in [2.24, 2.45) is 7.05 Å². The summed E-state index contributed by atoms with van der Waals surface area (Å²) >= 11 is 0. The first kappa shape index (κ1) is 13.9. The fraction of sp³-hybridized carbons (Fsp3) is 0.200. The van der Waals surface area contributed by atoms with Crippen molar-refractivity contribution in [2.75, 3.05) is 7.11 Å². The van der Waals surface area contributed by atoms with Crippen molar-refractivity contribution in [1.82, 2.24) is 9.78 Å². The first-order valence-electron chi connectivity index (χ1n) is 6.14. The summed E-state index contributed by atoms with van der Waals surface area (Å²) in [5.41, 5.74) is 1.77. The van der Waals surface area contributed by atoms with Crippen LogP contribution in [0.2, 0.25) is 0 Å². The maximum atomic E-state index is 11.6. The number of aromatic nitrogens is 2. The number of esters is 1. The van der Waals surface area contributed by atoms with Crippen molar-refractivity contribution < 1.29 is 14.3 Å². The summed E-state index contributed by atoms with van der Waals surface area (Å²) in [6, 6.07) is 7.37. The van der Waals surface area contributed by atoms with Gasteiger partial charge in [-0.3, -0.25) is 4.68 Å². The highest BCUT2D eigenvalue weighted by Gasteiger charge is 2.00. The molecule has 5 nitrogen and oxygen atoms in total. The predicted molar refractivity (Wildman–Crippen MR) is 75.0 cm³/mol. The minimum atomic E-state index is -0.385. The van der Waals surface area contributed by atoms with Crippen molar-refractivity contribution >= 4 is 12.0 Å². The lowest BCUT2D eigenvalue weighted by atomic mass is 10.2. The van der Waals surface area contributed by atoms with Crippen LogP contribution in [0.4, 0.5) is 0 Å². The number of ether oxygens (including phenoxy) is 2. The van der Waals surface area contributed by atoms with Gasteiger partial charge in [-0.2, -0.15) is 5.10 Å². The van der Waals surface area contributed by atoms with E-state index in [9.17, 15) is 4.79 Å². The van der Waals surface area contributed by atoms with E-state index in [1.165, 1.54) is 6.08 Å². The Morgan fingerprint density at radius 2 is 2.10 bits per heavy atom. The number of carbonyl (C=O) groups is 1. The minimum Gasteiger partial charge on any atom is -0.497 e. The second-order valence-corrected chi connectivity index (χ2v) is 4.24. The lowest BCUT2D eigenvalue weighted by Crippen LogP contribution is -2.00. The molecule has 0 atom stereocenters. The van der Waals surface area contributed by atoms with E-state index >= 15 is 0 Å². The highest BCUT2D eigenvalue weighted by atomic mass is 16.5. The molecule has 0 aliphatic carbocycles. The van der Waals surface area contributed by atoms with Gasteiger partial charge in [-0.05, 0) is 23.8 Å². The van der Waals surface area contributed by atoms with E-state index in [-0.39, 0.29) is 12.6 Å². The van der Waals surface area contributed by atoms with Gasteiger partial charge in [0.1, 0.15) is 12.4 Å². The van der Waals surface area contributed by atoms with Gasteiger partial charge in [0.05, 0.1) is 13.3 Å². The van der Waals surface area contributed by atoms with Gasteiger partial charge in [0, 0.05) is 24.9 Å². The normalized spacial score (nSPS) is 10.7. The summed E-state index contributed by atoms with van der Waals surface area (Å²) in [4.78, 5) is 11.6. The quantitative estimate of drug-likeness (QED) is 0.618. The van der Waals surface area contributed by atoms with Crippen LogP contribution >= 0.6 is 0 Å². The highest BCUT2D eigenvalue weighted by Crippen LogP contribution is 2.12. The Labute approximate surface area is 117 Å². The maximum absolute atomic E-state index is 11.6. The summed E-state index contributed by atoms with van der Waals surface area (Å²) in [5.74, 6) is 0.390. The Hall–Kier alpha value is -2.56. The average Bonchev–Trinajstić information content (AvgIpc) is 2.89. The highest BCUT2D eigenvalue weighted by molar-refractivity contribution is 5.86. The molecule has 2 aromatic rings. The molecule has 0 aliphatic rings. The molecular formula is C15H16N2O3. The number of hydrogen-bond donors (Lipinski definition) is 0. The van der Waals surface area contributed by atoms with E-state index in [4.69, 9.17) is 9.47 Å². The molecule has 1 aromatic carbocycles. The zero-order valence-electron chi connectivity index (χ0n) is 11.4. The molecule has 0 bridgehead atoms. The van der Waals surface area contributed by atoms with Crippen molar-refractivity contribution in [3.05, 3.63) is 53.9 Å². The van der Waals surface area contributed by atoms with Crippen LogP contribution in [0.25, 0.3) is 6.08 Å². The van der Waals surface area contributed by atoms with E-state index in [0.717, 1.165) is 16.9 Å². The maximum Gasteiger partial charge on any atom is 0.331 e. The zero-order valence-corrected chi connectivity index (χ0v) is 11.4. The van der Waals surface area contributed by atoms with Crippen molar-refractivity contribution in [1.29, 1.82) is 0 Å². The topological polar surface area (TPSA) is 53.4 Å². The van der Waals surface area contributed by atoms with Crippen molar-refractivity contribution in [3.8, 4) is 5.75 Å². The molecule has 0 spiro atoms. The standard InChI is InChI=1S/C15H16N2O3/c1-17-10-13(9-16-17)5-8-15(18)20-11-12-3-6-14(19-2)7-4-12/h3-10H,11H2,1-2H3/b8-5+. The number of methoxy groups -OCH3 is 1. The molecule has 0 N–H and O–H groups in total. The third-order valence-corrected chi connectivity index (χ3v) is 2.68. The predicted octanol–water partition coefficient (Wildman–Crippen LogP) is 2.19. The monoisotopic (exact) mass is 272 g/mol. The lowest BCUT2D eigenvalue weighted by molar-refractivity contribution is -0.138. The summed E-state index contributed by atoms with van der Waals surface area (Å²) < 4.78 is 11.9. The molecule has 0 amide bonds. The van der Waals surface area contributed by atoms with Gasteiger partial charge in [-0.1, -0.05) is 12.1 Å². The van der Waals surface area contributed by atoms with Crippen molar-refractivity contribution in [2.45, 2.75) is 6.61 Å². The van der Waals surface area contributed by atoms with E-state index in [1.54, 1.807) is 24.1 Å². The van der Waals surface area contributed by atoms with E-state index in [1.807, 2.05) is 37.5 Å². The molecule has 0 saturated heterocycles. The van der Waals surface area contributed by atoms with Gasteiger partial charge in [-0.15, -0.1) is 0 Å². The molecule has 0 unspecified atom stereocenters. The fourth-order valence-corrected chi connectivity index (χ4v) is 1.61. The second-order valence-electron chi connectivity index (χ2n) is 4.24. The average molecular weight is 272 g/mol. The molecule has 2 rings (SSSR count). The van der Waals surface area contributed by atoms with Crippen LogP contribution in [-0.4, -0.2) is 22.9 Å². The van der Waals surface area contributed by atoms with Gasteiger partial charge in [0.2, 0.25) is 0 Å². The van der Waals surface area contributed by atoms with Crippen LogP contribution in [0.1, 0.15) is 11.1 Å². The summed E-state index contributed by atoms with van der Waals surface area (Å²) in [6.45, 7) is 0.236. The third kappa shape index (κ3) is 3.98. The Morgan fingerprint density at radius 1 is 1.35 bits per heavy atom. The molecule has 5 heteroatoms. The number of rotatable bonds is 5. The third-order valence-electron chi connectivity index (χ3n) is 2.68. The zero-order chi connectivity index (χ0) is 14.4. The summed E-state index contributed by atoms with van der Waals surface area (Å²) in [5, 5.41) is 4.01. The second kappa shape index (κ2) is 6.56. The van der Waals surface area contributed by atoms with Gasteiger partial charge in [0.15, 0.2) is 0 Å². The number of aryl methyl sites for hydroxylation is 1. The van der Waals surface area contributed by atoms with Crippen LogP contribution < -0.4 is 4.74 Å². The van der Waals surface area contributed by atoms with E-state index < -0.39 is 0 Å². The van der Waals surface area contributed by atoms with Crippen LogP contribution in [0, 0.1) is 0 Å². The van der Waals surface area contributed by atoms with Crippen LogP contribution in [0.15, 0.2) is 42.7 Å². The molecular weight excluding hydrogens is 256 g/mol. The summed E-state index contributed by atoms with van der Waals surface area (Å²) in [6.07, 6.45) is 6.55. The van der Waals surface area contributed by atoms with E-state index in [0.29, 0.717) is 0 Å². The number of hydrogen-bond acceptors (Lipinski definition) is 4. The van der Waals surface area contributed by atoms with Gasteiger partial charge < -0.3 is 9.47 Å². The van der Waals surface area contributed by atoms with Crippen LogP contribution in [0.5, 0.6) is 5.75 Å². The van der Waals surface area contributed by atoms with Gasteiger partial charge in [0.25, 0.3) is 0 Å². The number of carbonyl (C=O) groups excluding carboxylic acids is 1. The molecule has 0 saturated carbocycles. The molecule has 1 heterocycles. The number of nitrogens with zero attached hydrogens (tertiary/aromatic N) is 2. The van der Waals surface area contributed by atoms with Crippen molar-refractivity contribution in [3.63, 3.8) is 0 Å². The largest absolute Gasteiger partial charge is 0.497 e. The molecule has 20 heavy (non-hydrogen) atoms. The lowest BCUT2D eigenvalue weighted by Gasteiger charge is -2.03. The molecule has 0 radical (unpaired) electrons. The molecule has 0 fully saturated rings. The molecule has 1 aromatic heterocycles.